The van der Waals surface area contributed by atoms with Gasteiger partial charge in [0, 0.05) is 16.6 Å². The minimum Gasteiger partial charge on any atom is -0.312 e. The Balaban J connectivity index is 2.40. The first-order valence-electron chi connectivity index (χ1n) is 5.95. The maximum atomic E-state index is 13.0. The number of hydrogen-bond donors (Lipinski definition) is 1. The van der Waals surface area contributed by atoms with Crippen molar-refractivity contribution in [2.75, 3.05) is 6.54 Å². The highest BCUT2D eigenvalue weighted by Gasteiger charge is 2.37. The molecule has 0 aliphatic carbocycles. The van der Waals surface area contributed by atoms with E-state index in [2.05, 4.69) is 26.2 Å². The van der Waals surface area contributed by atoms with Gasteiger partial charge in [-0.25, -0.2) is 4.98 Å². The highest BCUT2D eigenvalue weighted by molar-refractivity contribution is 9.10. The topological polar surface area (TPSA) is 24.9 Å². The quantitative estimate of drug-likeness (QED) is 0.850. The van der Waals surface area contributed by atoms with Gasteiger partial charge in [0.25, 0.3) is 0 Å². The molecule has 7 heteroatoms. The van der Waals surface area contributed by atoms with E-state index in [1.807, 2.05) is 6.92 Å². The molecule has 1 aromatic carbocycles. The van der Waals surface area contributed by atoms with Gasteiger partial charge in [-0.3, -0.25) is 0 Å². The van der Waals surface area contributed by atoms with Crippen LogP contribution >= 0.6 is 27.3 Å². The Labute approximate surface area is 127 Å². The SMILES string of the molecule is CCNCc1sc(-c2ccc(Br)cc2)nc1C(F)(F)F. The van der Waals surface area contributed by atoms with Crippen molar-refractivity contribution in [2.24, 2.45) is 0 Å². The predicted octanol–water partition coefficient (Wildman–Crippen LogP) is 4.70. The van der Waals surface area contributed by atoms with E-state index in [1.54, 1.807) is 24.3 Å². The molecule has 0 saturated heterocycles. The fraction of sp³-hybridized carbons (Fsp3) is 0.308. The van der Waals surface area contributed by atoms with Crippen molar-refractivity contribution in [1.29, 1.82) is 0 Å². The zero-order valence-electron chi connectivity index (χ0n) is 10.6. The van der Waals surface area contributed by atoms with E-state index < -0.39 is 11.9 Å². The molecule has 0 fully saturated rings. The van der Waals surface area contributed by atoms with Gasteiger partial charge in [0.05, 0.1) is 4.88 Å². The lowest BCUT2D eigenvalue weighted by molar-refractivity contribution is -0.141. The van der Waals surface area contributed by atoms with E-state index >= 15 is 0 Å². The molecule has 0 amide bonds. The Morgan fingerprint density at radius 1 is 1.25 bits per heavy atom. The molecule has 0 spiro atoms. The maximum absolute atomic E-state index is 13.0. The van der Waals surface area contributed by atoms with Crippen LogP contribution in [0.2, 0.25) is 0 Å². The van der Waals surface area contributed by atoms with Gasteiger partial charge in [0.2, 0.25) is 0 Å². The van der Waals surface area contributed by atoms with Crippen LogP contribution in [0.4, 0.5) is 13.2 Å². The fourth-order valence-corrected chi connectivity index (χ4v) is 2.97. The molecule has 108 valence electrons. The number of benzene rings is 1. The molecular weight excluding hydrogens is 353 g/mol. The van der Waals surface area contributed by atoms with Crippen molar-refractivity contribution in [1.82, 2.24) is 10.3 Å². The van der Waals surface area contributed by atoms with Crippen LogP contribution in [0, 0.1) is 0 Å². The average Bonchev–Trinajstić information content (AvgIpc) is 2.81. The molecule has 2 nitrogen and oxygen atoms in total. The van der Waals surface area contributed by atoms with Gasteiger partial charge in [0.15, 0.2) is 5.69 Å². The number of aromatic nitrogens is 1. The summed E-state index contributed by atoms with van der Waals surface area (Å²) in [4.78, 5) is 3.99. The number of halogens is 4. The van der Waals surface area contributed by atoms with Gasteiger partial charge in [-0.1, -0.05) is 35.0 Å². The van der Waals surface area contributed by atoms with Gasteiger partial charge in [-0.05, 0) is 18.7 Å². The lowest BCUT2D eigenvalue weighted by atomic mass is 10.2. The van der Waals surface area contributed by atoms with Crippen molar-refractivity contribution in [2.45, 2.75) is 19.6 Å². The van der Waals surface area contributed by atoms with E-state index in [9.17, 15) is 13.2 Å². The minimum absolute atomic E-state index is 0.180. The van der Waals surface area contributed by atoms with E-state index in [0.29, 0.717) is 17.1 Å². The number of alkyl halides is 3. The van der Waals surface area contributed by atoms with E-state index in [1.165, 1.54) is 0 Å². The van der Waals surface area contributed by atoms with Crippen LogP contribution in [0.25, 0.3) is 10.6 Å². The molecule has 0 aliphatic heterocycles. The van der Waals surface area contributed by atoms with E-state index in [4.69, 9.17) is 0 Å². The van der Waals surface area contributed by atoms with Gasteiger partial charge >= 0.3 is 6.18 Å². The lowest BCUT2D eigenvalue weighted by Crippen LogP contribution is -2.15. The maximum Gasteiger partial charge on any atom is 0.434 e. The first-order valence-corrected chi connectivity index (χ1v) is 7.56. The number of rotatable bonds is 4. The van der Waals surface area contributed by atoms with Crippen molar-refractivity contribution >= 4 is 27.3 Å². The highest BCUT2D eigenvalue weighted by atomic mass is 79.9. The van der Waals surface area contributed by atoms with Crippen LogP contribution in [-0.4, -0.2) is 11.5 Å². The van der Waals surface area contributed by atoms with Gasteiger partial charge in [-0.15, -0.1) is 11.3 Å². The average molecular weight is 365 g/mol. The molecule has 1 aromatic heterocycles. The first kappa shape index (κ1) is 15.5. The molecule has 0 saturated carbocycles. The van der Waals surface area contributed by atoms with Gasteiger partial charge < -0.3 is 5.32 Å². The minimum atomic E-state index is -4.42. The van der Waals surface area contributed by atoms with Crippen LogP contribution in [0.3, 0.4) is 0 Å². The number of hydrogen-bond acceptors (Lipinski definition) is 3. The Bertz CT molecular complexity index is 578. The second-order valence-electron chi connectivity index (χ2n) is 4.08. The van der Waals surface area contributed by atoms with Crippen molar-refractivity contribution in [3.8, 4) is 10.6 Å². The van der Waals surface area contributed by atoms with Gasteiger partial charge in [-0.2, -0.15) is 13.2 Å². The molecule has 0 aliphatic rings. The molecule has 0 atom stereocenters. The molecular formula is C13H12BrF3N2S. The number of thiazole rings is 1. The van der Waals surface area contributed by atoms with Gasteiger partial charge in [0.1, 0.15) is 5.01 Å². The fourth-order valence-electron chi connectivity index (χ4n) is 1.65. The second kappa shape index (κ2) is 6.24. The third-order valence-corrected chi connectivity index (χ3v) is 4.23. The molecule has 1 heterocycles. The second-order valence-corrected chi connectivity index (χ2v) is 6.08. The molecule has 20 heavy (non-hydrogen) atoms. The smallest absolute Gasteiger partial charge is 0.312 e. The summed E-state index contributed by atoms with van der Waals surface area (Å²) in [7, 11) is 0. The van der Waals surface area contributed by atoms with Crippen LogP contribution in [0.1, 0.15) is 17.5 Å². The summed E-state index contributed by atoms with van der Waals surface area (Å²) in [6, 6.07) is 7.07. The largest absolute Gasteiger partial charge is 0.434 e. The first-order chi connectivity index (χ1) is 9.41. The molecule has 0 unspecified atom stereocenters. The third kappa shape index (κ3) is 3.59. The molecule has 1 N–H and O–H groups in total. The molecule has 0 radical (unpaired) electrons. The zero-order valence-corrected chi connectivity index (χ0v) is 13.0. The zero-order chi connectivity index (χ0) is 14.8. The third-order valence-electron chi connectivity index (χ3n) is 2.59. The van der Waals surface area contributed by atoms with E-state index in [0.717, 1.165) is 15.8 Å². The summed E-state index contributed by atoms with van der Waals surface area (Å²) < 4.78 is 39.8. The summed E-state index contributed by atoms with van der Waals surface area (Å²) in [5.74, 6) is 0. The van der Waals surface area contributed by atoms with Crippen LogP contribution in [-0.2, 0) is 12.7 Å². The Morgan fingerprint density at radius 3 is 2.45 bits per heavy atom. The van der Waals surface area contributed by atoms with E-state index in [-0.39, 0.29) is 11.4 Å². The van der Waals surface area contributed by atoms with Crippen molar-refractivity contribution in [3.63, 3.8) is 0 Å². The number of nitrogens with one attached hydrogen (secondary N) is 1. The lowest BCUT2D eigenvalue weighted by Gasteiger charge is -2.05. The van der Waals surface area contributed by atoms with Crippen LogP contribution in [0.5, 0.6) is 0 Å². The summed E-state index contributed by atoms with van der Waals surface area (Å²) in [5, 5.41) is 3.30. The molecule has 2 aromatic rings. The van der Waals surface area contributed by atoms with Crippen molar-refractivity contribution < 1.29 is 13.2 Å². The van der Waals surface area contributed by atoms with Crippen molar-refractivity contribution in [3.05, 3.63) is 39.3 Å². The molecule has 2 rings (SSSR count). The summed E-state index contributed by atoms with van der Waals surface area (Å²) in [6.45, 7) is 2.65. The Kier molecular flexibility index (Phi) is 4.82. The summed E-state index contributed by atoms with van der Waals surface area (Å²) >= 11 is 4.37. The Hall–Kier alpha value is -0.920. The monoisotopic (exact) mass is 364 g/mol. The molecule has 0 bridgehead atoms. The normalized spacial score (nSPS) is 11.8. The Morgan fingerprint density at radius 2 is 1.90 bits per heavy atom. The van der Waals surface area contributed by atoms with Crippen LogP contribution in [0.15, 0.2) is 28.7 Å². The highest BCUT2D eigenvalue weighted by Crippen LogP contribution is 2.37. The summed E-state index contributed by atoms with van der Waals surface area (Å²) in [5.41, 5.74) is -0.104. The standard InChI is InChI=1S/C13H12BrF3N2S/c1-2-18-7-10-11(13(15,16)17)19-12(20-10)8-3-5-9(14)6-4-8/h3-6,18H,2,7H2,1H3. The predicted molar refractivity (Wildman–Crippen MR) is 77.6 cm³/mol. The summed E-state index contributed by atoms with van der Waals surface area (Å²) in [6.07, 6.45) is -4.42. The van der Waals surface area contributed by atoms with Crippen LogP contribution < -0.4 is 5.32 Å². The number of nitrogens with zero attached hydrogens (tertiary/aromatic N) is 1.